The van der Waals surface area contributed by atoms with Crippen molar-refractivity contribution in [2.24, 2.45) is 5.92 Å². The molecular weight excluding hydrogens is 212 g/mol. The van der Waals surface area contributed by atoms with E-state index < -0.39 is 0 Å². The lowest BCUT2D eigenvalue weighted by molar-refractivity contribution is 0.663. The first kappa shape index (κ1) is 10.5. The van der Waals surface area contributed by atoms with Crippen LogP contribution in [0.15, 0.2) is 36.4 Å². The fourth-order valence-corrected chi connectivity index (χ4v) is 4.40. The molecule has 3 rings (SSSR count). The van der Waals surface area contributed by atoms with Crippen molar-refractivity contribution in [3.8, 4) is 0 Å². The summed E-state index contributed by atoms with van der Waals surface area (Å²) in [4.78, 5) is 0. The van der Waals surface area contributed by atoms with Crippen LogP contribution in [0.1, 0.15) is 32.3 Å². The number of benzene rings is 1. The minimum Gasteiger partial charge on any atom is -0.147 e. The maximum absolute atomic E-state index is 2.52. The summed E-state index contributed by atoms with van der Waals surface area (Å²) in [5.74, 6) is 0.740. The van der Waals surface area contributed by atoms with E-state index in [9.17, 15) is 0 Å². The van der Waals surface area contributed by atoms with Gasteiger partial charge in [-0.05, 0) is 36.8 Å². The van der Waals surface area contributed by atoms with E-state index in [-0.39, 0.29) is 0 Å². The SMILES string of the molecule is CC1SC2(CC2)C(C)C=C1c1ccccc1. The molecule has 84 valence electrons. The zero-order valence-electron chi connectivity index (χ0n) is 9.94. The van der Waals surface area contributed by atoms with Gasteiger partial charge in [0.25, 0.3) is 0 Å². The highest BCUT2D eigenvalue weighted by molar-refractivity contribution is 8.02. The predicted octanol–water partition coefficient (Wildman–Crippen LogP) is 4.37. The molecule has 2 unspecified atom stereocenters. The Morgan fingerprint density at radius 1 is 1.12 bits per heavy atom. The van der Waals surface area contributed by atoms with Crippen molar-refractivity contribution >= 4 is 17.3 Å². The van der Waals surface area contributed by atoms with Crippen molar-refractivity contribution in [3.05, 3.63) is 42.0 Å². The minimum atomic E-state index is 0.609. The van der Waals surface area contributed by atoms with Gasteiger partial charge in [-0.15, -0.1) is 11.8 Å². The lowest BCUT2D eigenvalue weighted by Crippen LogP contribution is -2.23. The van der Waals surface area contributed by atoms with E-state index in [0.717, 1.165) is 5.92 Å². The summed E-state index contributed by atoms with van der Waals surface area (Å²) in [6.45, 7) is 4.74. The van der Waals surface area contributed by atoms with Crippen molar-refractivity contribution in [3.63, 3.8) is 0 Å². The third-order valence-corrected chi connectivity index (χ3v) is 5.82. The Bertz CT molecular complexity index is 414. The molecule has 0 N–H and O–H groups in total. The van der Waals surface area contributed by atoms with Crippen LogP contribution in [0.3, 0.4) is 0 Å². The van der Waals surface area contributed by atoms with Crippen LogP contribution in [0, 0.1) is 5.92 Å². The van der Waals surface area contributed by atoms with Gasteiger partial charge in [-0.25, -0.2) is 0 Å². The largest absolute Gasteiger partial charge is 0.147 e. The second kappa shape index (κ2) is 3.66. The Labute approximate surface area is 102 Å². The third-order valence-electron chi connectivity index (χ3n) is 3.96. The number of hydrogen-bond acceptors (Lipinski definition) is 1. The second-order valence-electron chi connectivity index (χ2n) is 5.10. The summed E-state index contributed by atoms with van der Waals surface area (Å²) >= 11 is 2.20. The van der Waals surface area contributed by atoms with Crippen LogP contribution in [-0.2, 0) is 0 Å². The molecule has 1 spiro atoms. The van der Waals surface area contributed by atoms with E-state index in [4.69, 9.17) is 0 Å². The smallest absolute Gasteiger partial charge is 0.0277 e. The molecule has 0 bridgehead atoms. The number of hydrogen-bond donors (Lipinski definition) is 0. The molecule has 0 radical (unpaired) electrons. The van der Waals surface area contributed by atoms with Gasteiger partial charge < -0.3 is 0 Å². The molecule has 2 aliphatic rings. The molecule has 1 fully saturated rings. The van der Waals surface area contributed by atoms with Gasteiger partial charge in [0, 0.05) is 10.00 Å². The first-order valence-corrected chi connectivity index (χ1v) is 7.04. The van der Waals surface area contributed by atoms with Crippen LogP contribution >= 0.6 is 11.8 Å². The van der Waals surface area contributed by atoms with E-state index in [0.29, 0.717) is 10.00 Å². The van der Waals surface area contributed by atoms with E-state index >= 15 is 0 Å². The second-order valence-corrected chi connectivity index (χ2v) is 6.86. The minimum absolute atomic E-state index is 0.609. The summed E-state index contributed by atoms with van der Waals surface area (Å²) < 4.78 is 0.609. The van der Waals surface area contributed by atoms with Crippen molar-refractivity contribution in [2.75, 3.05) is 0 Å². The number of allylic oxidation sites excluding steroid dienone is 1. The van der Waals surface area contributed by atoms with E-state index in [2.05, 4.69) is 62.0 Å². The highest BCUT2D eigenvalue weighted by Crippen LogP contribution is 2.60. The van der Waals surface area contributed by atoms with Crippen LogP contribution in [-0.4, -0.2) is 10.00 Å². The summed E-state index contributed by atoms with van der Waals surface area (Å²) in [7, 11) is 0. The van der Waals surface area contributed by atoms with E-state index in [1.807, 2.05) is 0 Å². The monoisotopic (exact) mass is 230 g/mol. The molecule has 1 aliphatic carbocycles. The fourth-order valence-electron chi connectivity index (χ4n) is 2.74. The summed E-state index contributed by atoms with van der Waals surface area (Å²) in [5, 5.41) is 0.654. The predicted molar refractivity (Wildman–Crippen MR) is 72.6 cm³/mol. The summed E-state index contributed by atoms with van der Waals surface area (Å²) in [6, 6.07) is 10.8. The number of rotatable bonds is 1. The van der Waals surface area contributed by atoms with Crippen LogP contribution < -0.4 is 0 Å². The molecule has 0 saturated heterocycles. The molecule has 1 heteroatoms. The average Bonchev–Trinajstić information content (AvgIpc) is 3.06. The highest BCUT2D eigenvalue weighted by Gasteiger charge is 2.50. The van der Waals surface area contributed by atoms with Gasteiger partial charge in [0.2, 0.25) is 0 Å². The van der Waals surface area contributed by atoms with Crippen molar-refractivity contribution in [2.45, 2.75) is 36.7 Å². The Morgan fingerprint density at radius 3 is 2.44 bits per heavy atom. The van der Waals surface area contributed by atoms with E-state index in [1.54, 1.807) is 0 Å². The van der Waals surface area contributed by atoms with Gasteiger partial charge in [-0.1, -0.05) is 43.3 Å². The summed E-state index contributed by atoms with van der Waals surface area (Å²) in [5.41, 5.74) is 2.94. The maximum atomic E-state index is 2.52. The molecule has 2 atom stereocenters. The van der Waals surface area contributed by atoms with Gasteiger partial charge in [0.15, 0.2) is 0 Å². The normalized spacial score (nSPS) is 31.2. The fraction of sp³-hybridized carbons (Fsp3) is 0.467. The van der Waals surface area contributed by atoms with Gasteiger partial charge in [0.1, 0.15) is 0 Å². The standard InChI is InChI=1S/C15H18S/c1-11-10-14(13-6-4-3-5-7-13)12(2)16-15(11)8-9-15/h3-7,10-12H,8-9H2,1-2H3. The zero-order valence-corrected chi connectivity index (χ0v) is 10.8. The third kappa shape index (κ3) is 1.62. The highest BCUT2D eigenvalue weighted by atomic mass is 32.2. The molecule has 1 heterocycles. The Balaban J connectivity index is 1.96. The van der Waals surface area contributed by atoms with Crippen molar-refractivity contribution < 1.29 is 0 Å². The zero-order chi connectivity index (χ0) is 11.2. The first-order valence-electron chi connectivity index (χ1n) is 6.16. The average molecular weight is 230 g/mol. The van der Waals surface area contributed by atoms with Gasteiger partial charge >= 0.3 is 0 Å². The Morgan fingerprint density at radius 2 is 1.81 bits per heavy atom. The van der Waals surface area contributed by atoms with Crippen LogP contribution in [0.4, 0.5) is 0 Å². The molecule has 1 aromatic carbocycles. The van der Waals surface area contributed by atoms with Crippen molar-refractivity contribution in [1.29, 1.82) is 0 Å². The topological polar surface area (TPSA) is 0 Å². The summed E-state index contributed by atoms with van der Waals surface area (Å²) in [6.07, 6.45) is 5.35. The van der Waals surface area contributed by atoms with Crippen LogP contribution in [0.5, 0.6) is 0 Å². The Kier molecular flexibility index (Phi) is 2.39. The maximum Gasteiger partial charge on any atom is 0.0277 e. The lowest BCUT2D eigenvalue weighted by Gasteiger charge is -2.32. The molecule has 16 heavy (non-hydrogen) atoms. The molecule has 0 nitrogen and oxygen atoms in total. The molecular formula is C15H18S. The van der Waals surface area contributed by atoms with Gasteiger partial charge in [-0.2, -0.15) is 0 Å². The molecule has 0 aromatic heterocycles. The van der Waals surface area contributed by atoms with Gasteiger partial charge in [-0.3, -0.25) is 0 Å². The van der Waals surface area contributed by atoms with Crippen LogP contribution in [0.2, 0.25) is 0 Å². The Hall–Kier alpha value is -0.690. The lowest BCUT2D eigenvalue weighted by atomic mass is 9.95. The molecule has 1 aliphatic heterocycles. The molecule has 0 amide bonds. The van der Waals surface area contributed by atoms with Crippen LogP contribution in [0.25, 0.3) is 5.57 Å². The first-order chi connectivity index (χ1) is 7.71. The molecule has 1 saturated carbocycles. The van der Waals surface area contributed by atoms with Crippen molar-refractivity contribution in [1.82, 2.24) is 0 Å². The number of thioether (sulfide) groups is 1. The van der Waals surface area contributed by atoms with E-state index in [1.165, 1.54) is 24.0 Å². The molecule has 1 aromatic rings. The quantitative estimate of drug-likeness (QED) is 0.690. The van der Waals surface area contributed by atoms with Gasteiger partial charge in [0.05, 0.1) is 0 Å².